The maximum Gasteiger partial charge on any atom is 0.323 e. The van der Waals surface area contributed by atoms with E-state index in [1.165, 1.54) is 10.4 Å². The predicted octanol–water partition coefficient (Wildman–Crippen LogP) is 4.59. The molecule has 0 bridgehead atoms. The lowest BCUT2D eigenvalue weighted by Gasteiger charge is -2.23. The van der Waals surface area contributed by atoms with E-state index in [1.807, 2.05) is 34.9 Å². The number of nitrogens with zero attached hydrogens (tertiary/aromatic N) is 1. The van der Waals surface area contributed by atoms with Crippen LogP contribution in [0.2, 0.25) is 0 Å². The SMILES string of the molecule is CCc1ccc(NC(=O)N2CCS[C@H]2c2cccs2)cc1. The smallest absolute Gasteiger partial charge is 0.308 e. The topological polar surface area (TPSA) is 32.3 Å². The summed E-state index contributed by atoms with van der Waals surface area (Å²) in [5.74, 6) is 0.991. The van der Waals surface area contributed by atoms with E-state index < -0.39 is 0 Å². The number of aryl methyl sites for hydroxylation is 1. The number of nitrogens with one attached hydrogen (secondary N) is 1. The highest BCUT2D eigenvalue weighted by Gasteiger charge is 2.31. The third-order valence-corrected chi connectivity index (χ3v) is 5.87. The largest absolute Gasteiger partial charge is 0.323 e. The Morgan fingerprint density at radius 2 is 2.14 bits per heavy atom. The number of benzene rings is 1. The third-order valence-electron chi connectivity index (χ3n) is 3.55. The lowest BCUT2D eigenvalue weighted by atomic mass is 10.1. The van der Waals surface area contributed by atoms with Gasteiger partial charge >= 0.3 is 6.03 Å². The fraction of sp³-hybridized carbons (Fsp3) is 0.312. The number of anilines is 1. The Bertz CT molecular complexity index is 595. The van der Waals surface area contributed by atoms with E-state index in [0.717, 1.165) is 24.4 Å². The maximum atomic E-state index is 12.5. The molecule has 0 spiro atoms. The van der Waals surface area contributed by atoms with Crippen molar-refractivity contribution >= 4 is 34.8 Å². The Morgan fingerprint density at radius 3 is 2.81 bits per heavy atom. The van der Waals surface area contributed by atoms with Crippen molar-refractivity contribution < 1.29 is 4.79 Å². The van der Waals surface area contributed by atoms with Crippen LogP contribution in [0.3, 0.4) is 0 Å². The van der Waals surface area contributed by atoms with Gasteiger partial charge in [0.2, 0.25) is 0 Å². The average molecular weight is 318 g/mol. The fourth-order valence-electron chi connectivity index (χ4n) is 2.36. The average Bonchev–Trinajstić information content (AvgIpc) is 3.18. The molecule has 5 heteroatoms. The molecule has 3 rings (SSSR count). The van der Waals surface area contributed by atoms with Crippen LogP contribution in [0.25, 0.3) is 0 Å². The molecule has 1 saturated heterocycles. The van der Waals surface area contributed by atoms with E-state index in [-0.39, 0.29) is 11.4 Å². The van der Waals surface area contributed by atoms with Crippen molar-refractivity contribution in [2.45, 2.75) is 18.7 Å². The number of hydrogen-bond acceptors (Lipinski definition) is 3. The van der Waals surface area contributed by atoms with Crippen molar-refractivity contribution in [3.63, 3.8) is 0 Å². The van der Waals surface area contributed by atoms with Crippen LogP contribution in [0.1, 0.15) is 22.7 Å². The van der Waals surface area contributed by atoms with E-state index in [1.54, 1.807) is 11.3 Å². The zero-order valence-electron chi connectivity index (χ0n) is 11.9. The number of rotatable bonds is 3. The normalized spacial score (nSPS) is 18.0. The minimum Gasteiger partial charge on any atom is -0.308 e. The molecule has 2 heterocycles. The standard InChI is InChI=1S/C16H18N2OS2/c1-2-12-5-7-13(8-6-12)17-16(19)18-9-11-21-15(18)14-4-3-10-20-14/h3-8,10,15H,2,9,11H2,1H3,(H,17,19)/t15-/m0/s1. The first-order valence-electron chi connectivity index (χ1n) is 7.09. The number of carbonyl (C=O) groups excluding carboxylic acids is 1. The molecular formula is C16H18N2OS2. The number of amides is 2. The first-order valence-corrected chi connectivity index (χ1v) is 9.02. The van der Waals surface area contributed by atoms with Crippen LogP contribution in [0.5, 0.6) is 0 Å². The molecule has 0 saturated carbocycles. The maximum absolute atomic E-state index is 12.5. The van der Waals surface area contributed by atoms with Gasteiger partial charge in [0.1, 0.15) is 5.37 Å². The number of carbonyl (C=O) groups is 1. The summed E-state index contributed by atoms with van der Waals surface area (Å²) < 4.78 is 0. The van der Waals surface area contributed by atoms with Crippen LogP contribution in [-0.4, -0.2) is 23.2 Å². The number of thioether (sulfide) groups is 1. The van der Waals surface area contributed by atoms with E-state index in [2.05, 4.69) is 35.8 Å². The Morgan fingerprint density at radius 1 is 1.33 bits per heavy atom. The van der Waals surface area contributed by atoms with Gasteiger partial charge < -0.3 is 10.2 Å². The number of thiophene rings is 1. The van der Waals surface area contributed by atoms with Crippen molar-refractivity contribution in [2.75, 3.05) is 17.6 Å². The molecule has 2 aromatic rings. The summed E-state index contributed by atoms with van der Waals surface area (Å²) in [7, 11) is 0. The summed E-state index contributed by atoms with van der Waals surface area (Å²) in [5.41, 5.74) is 2.14. The highest BCUT2D eigenvalue weighted by molar-refractivity contribution is 7.99. The first-order chi connectivity index (χ1) is 10.3. The highest BCUT2D eigenvalue weighted by Crippen LogP contribution is 2.40. The van der Waals surface area contributed by atoms with Crippen LogP contribution >= 0.6 is 23.1 Å². The van der Waals surface area contributed by atoms with Gasteiger partial charge in [-0.3, -0.25) is 0 Å². The second-order valence-corrected chi connectivity index (χ2v) is 7.08. The van der Waals surface area contributed by atoms with E-state index in [9.17, 15) is 4.79 Å². The summed E-state index contributed by atoms with van der Waals surface area (Å²) in [5, 5.41) is 5.22. The molecular weight excluding hydrogens is 300 g/mol. The predicted molar refractivity (Wildman–Crippen MR) is 91.1 cm³/mol. The van der Waals surface area contributed by atoms with Gasteiger partial charge in [0.25, 0.3) is 0 Å². The molecule has 1 N–H and O–H groups in total. The Kier molecular flexibility index (Phi) is 4.51. The second-order valence-electron chi connectivity index (χ2n) is 4.91. The third kappa shape index (κ3) is 3.24. The molecule has 1 atom stereocenters. The van der Waals surface area contributed by atoms with Crippen molar-refractivity contribution in [3.8, 4) is 0 Å². The molecule has 1 aliphatic rings. The van der Waals surface area contributed by atoms with Gasteiger partial charge in [-0.2, -0.15) is 0 Å². The summed E-state index contributed by atoms with van der Waals surface area (Å²) in [4.78, 5) is 15.6. The highest BCUT2D eigenvalue weighted by atomic mass is 32.2. The van der Waals surface area contributed by atoms with Crippen molar-refractivity contribution in [3.05, 3.63) is 52.2 Å². The van der Waals surface area contributed by atoms with Gasteiger partial charge in [-0.05, 0) is 35.6 Å². The molecule has 0 radical (unpaired) electrons. The molecule has 0 unspecified atom stereocenters. The lowest BCUT2D eigenvalue weighted by molar-refractivity contribution is 0.215. The van der Waals surface area contributed by atoms with Crippen LogP contribution in [0.15, 0.2) is 41.8 Å². The van der Waals surface area contributed by atoms with E-state index >= 15 is 0 Å². The molecule has 2 amide bonds. The summed E-state index contributed by atoms with van der Waals surface area (Å²) in [6.45, 7) is 2.92. The molecule has 1 fully saturated rings. The number of urea groups is 1. The minimum atomic E-state index is -0.0114. The van der Waals surface area contributed by atoms with E-state index in [0.29, 0.717) is 0 Å². The minimum absolute atomic E-state index is 0.0114. The van der Waals surface area contributed by atoms with Gasteiger partial charge in [-0.15, -0.1) is 23.1 Å². The Labute approximate surface area is 133 Å². The Hall–Kier alpha value is -1.46. The Balaban J connectivity index is 1.69. The molecule has 1 aliphatic heterocycles. The molecule has 1 aromatic heterocycles. The molecule has 1 aromatic carbocycles. The van der Waals surface area contributed by atoms with Crippen LogP contribution in [0, 0.1) is 0 Å². The summed E-state index contributed by atoms with van der Waals surface area (Å²) >= 11 is 3.54. The zero-order chi connectivity index (χ0) is 14.7. The molecule has 0 aliphatic carbocycles. The quantitative estimate of drug-likeness (QED) is 0.897. The van der Waals surface area contributed by atoms with Gasteiger partial charge in [-0.25, -0.2) is 4.79 Å². The summed E-state index contributed by atoms with van der Waals surface area (Å²) in [6, 6.07) is 12.2. The first kappa shape index (κ1) is 14.5. The monoisotopic (exact) mass is 318 g/mol. The van der Waals surface area contributed by atoms with Crippen LogP contribution in [-0.2, 0) is 6.42 Å². The van der Waals surface area contributed by atoms with E-state index in [4.69, 9.17) is 0 Å². The fourth-order valence-corrected chi connectivity index (χ4v) is 4.60. The van der Waals surface area contributed by atoms with Gasteiger partial charge in [-0.1, -0.05) is 25.1 Å². The van der Waals surface area contributed by atoms with Crippen LogP contribution < -0.4 is 5.32 Å². The van der Waals surface area contributed by atoms with Gasteiger partial charge in [0.15, 0.2) is 0 Å². The lowest BCUT2D eigenvalue weighted by Crippen LogP contribution is -2.34. The van der Waals surface area contributed by atoms with Gasteiger partial charge in [0, 0.05) is 22.9 Å². The summed E-state index contributed by atoms with van der Waals surface area (Å²) in [6.07, 6.45) is 1.01. The zero-order valence-corrected chi connectivity index (χ0v) is 13.5. The van der Waals surface area contributed by atoms with Crippen molar-refractivity contribution in [1.29, 1.82) is 0 Å². The second kappa shape index (κ2) is 6.54. The van der Waals surface area contributed by atoms with Gasteiger partial charge in [0.05, 0.1) is 0 Å². The number of hydrogen-bond donors (Lipinski definition) is 1. The molecule has 110 valence electrons. The molecule has 3 nitrogen and oxygen atoms in total. The molecule has 21 heavy (non-hydrogen) atoms. The van der Waals surface area contributed by atoms with Crippen molar-refractivity contribution in [2.24, 2.45) is 0 Å². The van der Waals surface area contributed by atoms with Crippen LogP contribution in [0.4, 0.5) is 10.5 Å². The van der Waals surface area contributed by atoms with Crippen molar-refractivity contribution in [1.82, 2.24) is 4.90 Å².